The minimum Gasteiger partial charge on any atom is -0.469 e. The molecule has 0 aliphatic carbocycles. The molecule has 2 aromatic rings. The van der Waals surface area contributed by atoms with Gasteiger partial charge >= 0.3 is 5.97 Å². The van der Waals surface area contributed by atoms with Gasteiger partial charge < -0.3 is 4.74 Å². The molecule has 0 aliphatic heterocycles. The second kappa shape index (κ2) is 7.40. The summed E-state index contributed by atoms with van der Waals surface area (Å²) in [7, 11) is 1.42. The highest BCUT2D eigenvalue weighted by atomic mass is 32.2. The Balaban J connectivity index is 2.07. The maximum Gasteiger partial charge on any atom is 0.313 e. The van der Waals surface area contributed by atoms with E-state index in [-0.39, 0.29) is 11.9 Å². The van der Waals surface area contributed by atoms with Crippen molar-refractivity contribution in [1.29, 1.82) is 0 Å². The monoisotopic (exact) mass is 308 g/mol. The minimum absolute atomic E-state index is 0.219. The zero-order chi connectivity index (χ0) is 14.4. The molecule has 1 aromatic carbocycles. The molecule has 4 nitrogen and oxygen atoms in total. The lowest BCUT2D eigenvalue weighted by atomic mass is 10.0. The first-order chi connectivity index (χ1) is 9.74. The zero-order valence-electron chi connectivity index (χ0n) is 11.4. The van der Waals surface area contributed by atoms with Gasteiger partial charge in [0.1, 0.15) is 5.82 Å². The van der Waals surface area contributed by atoms with Crippen molar-refractivity contribution in [3.63, 3.8) is 0 Å². The average Bonchev–Trinajstić information content (AvgIpc) is 2.96. The Hall–Kier alpha value is -1.40. The van der Waals surface area contributed by atoms with E-state index in [0.717, 1.165) is 22.1 Å². The molecule has 0 spiro atoms. The van der Waals surface area contributed by atoms with Crippen LogP contribution in [-0.2, 0) is 16.0 Å². The fourth-order valence-corrected chi connectivity index (χ4v) is 3.56. The number of benzene rings is 1. The van der Waals surface area contributed by atoms with Crippen LogP contribution in [-0.4, -0.2) is 28.2 Å². The molecule has 106 valence electrons. The molecule has 1 atom stereocenters. The number of carbonyl (C=O) groups excluding carboxylic acids is 1. The van der Waals surface area contributed by atoms with Gasteiger partial charge in [-0.3, -0.25) is 4.79 Å². The van der Waals surface area contributed by atoms with Gasteiger partial charge in [-0.25, -0.2) is 4.98 Å². The van der Waals surface area contributed by atoms with Crippen LogP contribution >= 0.6 is 23.3 Å². The lowest BCUT2D eigenvalue weighted by Gasteiger charge is -2.13. The number of hydrogen-bond donors (Lipinski definition) is 0. The summed E-state index contributed by atoms with van der Waals surface area (Å²) in [5, 5.41) is 0. The Kier molecular flexibility index (Phi) is 5.55. The lowest BCUT2D eigenvalue weighted by Crippen LogP contribution is -2.16. The summed E-state index contributed by atoms with van der Waals surface area (Å²) in [6.07, 6.45) is 0.830. The first-order valence-corrected chi connectivity index (χ1v) is 8.08. The Morgan fingerprint density at radius 2 is 2.15 bits per heavy atom. The lowest BCUT2D eigenvalue weighted by molar-refractivity contribution is -0.141. The highest BCUT2D eigenvalue weighted by Gasteiger charge is 2.22. The Bertz CT molecular complexity index is 557. The molecule has 1 unspecified atom stereocenters. The maximum atomic E-state index is 11.9. The maximum absolute atomic E-state index is 11.9. The number of aromatic nitrogens is 2. The zero-order valence-corrected chi connectivity index (χ0v) is 13.0. The number of rotatable bonds is 6. The molecule has 1 aromatic heterocycles. The van der Waals surface area contributed by atoms with Crippen molar-refractivity contribution in [3.05, 3.63) is 41.7 Å². The number of thioether (sulfide) groups is 1. The van der Waals surface area contributed by atoms with Gasteiger partial charge in [0.25, 0.3) is 0 Å². The van der Waals surface area contributed by atoms with Crippen molar-refractivity contribution in [1.82, 2.24) is 9.36 Å². The quantitative estimate of drug-likeness (QED) is 0.606. The van der Waals surface area contributed by atoms with Crippen LogP contribution in [0.25, 0.3) is 0 Å². The van der Waals surface area contributed by atoms with E-state index < -0.39 is 0 Å². The molecule has 0 amide bonds. The molecule has 0 fully saturated rings. The molecule has 0 bridgehead atoms. The van der Waals surface area contributed by atoms with Crippen LogP contribution in [0.3, 0.4) is 0 Å². The minimum atomic E-state index is -0.278. The summed E-state index contributed by atoms with van der Waals surface area (Å²) in [4.78, 5) is 16.3. The molecule has 0 aliphatic rings. The highest BCUT2D eigenvalue weighted by molar-refractivity contribution is 8.01. The molecule has 2 rings (SSSR count). The molecule has 6 heteroatoms. The van der Waals surface area contributed by atoms with E-state index in [0.29, 0.717) is 5.75 Å². The van der Waals surface area contributed by atoms with Gasteiger partial charge in [-0.15, -0.1) is 0 Å². The van der Waals surface area contributed by atoms with Gasteiger partial charge in [-0.05, 0) is 17.1 Å². The molecular formula is C14H16N2O2S2. The van der Waals surface area contributed by atoms with Crippen LogP contribution in [0.15, 0.2) is 34.7 Å². The number of aryl methyl sites for hydroxylation is 1. The smallest absolute Gasteiger partial charge is 0.313 e. The van der Waals surface area contributed by atoms with Crippen LogP contribution in [0.4, 0.5) is 0 Å². The predicted molar refractivity (Wildman–Crippen MR) is 81.2 cm³/mol. The SMILES string of the molecule is CCc1nsc(SCC(C(=O)OC)c2ccccc2)n1. The number of esters is 1. The van der Waals surface area contributed by atoms with Gasteiger partial charge in [0, 0.05) is 12.2 Å². The van der Waals surface area contributed by atoms with Crippen molar-refractivity contribution in [2.24, 2.45) is 0 Å². The van der Waals surface area contributed by atoms with E-state index >= 15 is 0 Å². The van der Waals surface area contributed by atoms with Crippen molar-refractivity contribution < 1.29 is 9.53 Å². The van der Waals surface area contributed by atoms with Crippen LogP contribution in [0.2, 0.25) is 0 Å². The Labute approximate surface area is 126 Å². The number of carbonyl (C=O) groups is 1. The fraction of sp³-hybridized carbons (Fsp3) is 0.357. The Morgan fingerprint density at radius 1 is 1.40 bits per heavy atom. The summed E-state index contributed by atoms with van der Waals surface area (Å²) in [6, 6.07) is 9.68. The average molecular weight is 308 g/mol. The topological polar surface area (TPSA) is 52.1 Å². The van der Waals surface area contributed by atoms with Crippen LogP contribution < -0.4 is 0 Å². The summed E-state index contributed by atoms with van der Waals surface area (Å²) in [5.74, 6) is 0.964. The number of nitrogens with zero attached hydrogens (tertiary/aromatic N) is 2. The van der Waals surface area contributed by atoms with Crippen LogP contribution in [0.1, 0.15) is 24.2 Å². The molecule has 20 heavy (non-hydrogen) atoms. The standard InChI is InChI=1S/C14H16N2O2S2/c1-3-12-15-14(20-16-12)19-9-11(13(17)18-2)10-7-5-4-6-8-10/h4-8,11H,3,9H2,1-2H3. The second-order valence-corrected chi connectivity index (χ2v) is 6.15. The van der Waals surface area contributed by atoms with Gasteiger partial charge in [-0.2, -0.15) is 4.37 Å². The van der Waals surface area contributed by atoms with E-state index in [9.17, 15) is 4.79 Å². The van der Waals surface area contributed by atoms with E-state index in [1.165, 1.54) is 18.6 Å². The third kappa shape index (κ3) is 3.80. The van der Waals surface area contributed by atoms with Gasteiger partial charge in [-0.1, -0.05) is 49.0 Å². The molecule has 0 N–H and O–H groups in total. The first kappa shape index (κ1) is 15.0. The number of methoxy groups -OCH3 is 1. The van der Waals surface area contributed by atoms with E-state index in [1.54, 1.807) is 11.8 Å². The first-order valence-electron chi connectivity index (χ1n) is 6.32. The second-order valence-electron chi connectivity index (χ2n) is 4.13. The van der Waals surface area contributed by atoms with E-state index in [1.807, 2.05) is 37.3 Å². The predicted octanol–water partition coefficient (Wildman–Crippen LogP) is 3.15. The summed E-state index contributed by atoms with van der Waals surface area (Å²) < 4.78 is 10.0. The van der Waals surface area contributed by atoms with E-state index in [2.05, 4.69) is 9.36 Å². The summed E-state index contributed by atoms with van der Waals surface area (Å²) in [6.45, 7) is 2.03. The van der Waals surface area contributed by atoms with Crippen molar-refractivity contribution in [2.75, 3.05) is 12.9 Å². The van der Waals surface area contributed by atoms with Crippen LogP contribution in [0.5, 0.6) is 0 Å². The largest absolute Gasteiger partial charge is 0.469 e. The molecule has 0 saturated carbocycles. The summed E-state index contributed by atoms with van der Waals surface area (Å²) >= 11 is 2.93. The fourth-order valence-electron chi connectivity index (χ4n) is 1.72. The molecule has 0 saturated heterocycles. The van der Waals surface area contributed by atoms with E-state index in [4.69, 9.17) is 4.74 Å². The van der Waals surface area contributed by atoms with Crippen molar-refractivity contribution in [2.45, 2.75) is 23.6 Å². The molecular weight excluding hydrogens is 292 g/mol. The number of hydrogen-bond acceptors (Lipinski definition) is 6. The molecule has 1 heterocycles. The van der Waals surface area contributed by atoms with Gasteiger partial charge in [0.2, 0.25) is 0 Å². The van der Waals surface area contributed by atoms with Gasteiger partial charge in [0.05, 0.1) is 13.0 Å². The third-order valence-electron chi connectivity index (χ3n) is 2.83. The third-order valence-corrected chi connectivity index (χ3v) is 4.79. The highest BCUT2D eigenvalue weighted by Crippen LogP contribution is 2.28. The van der Waals surface area contributed by atoms with Crippen LogP contribution in [0, 0.1) is 0 Å². The Morgan fingerprint density at radius 3 is 2.75 bits per heavy atom. The van der Waals surface area contributed by atoms with Crippen molar-refractivity contribution in [3.8, 4) is 0 Å². The molecule has 0 radical (unpaired) electrons. The number of ether oxygens (including phenoxy) is 1. The normalized spacial score (nSPS) is 12.1. The van der Waals surface area contributed by atoms with Gasteiger partial charge in [0.15, 0.2) is 4.34 Å². The summed E-state index contributed by atoms with van der Waals surface area (Å²) in [5.41, 5.74) is 0.965. The van der Waals surface area contributed by atoms with Crippen molar-refractivity contribution >= 4 is 29.3 Å².